The molecule has 0 aromatic heterocycles. The van der Waals surface area contributed by atoms with Crippen molar-refractivity contribution >= 4 is 40.6 Å². The van der Waals surface area contributed by atoms with Crippen LogP contribution in [0.4, 0.5) is 11.4 Å². The van der Waals surface area contributed by atoms with Crippen molar-refractivity contribution in [2.75, 3.05) is 10.7 Å². The molecule has 0 unspecified atom stereocenters. The van der Waals surface area contributed by atoms with Crippen molar-refractivity contribution in [2.45, 2.75) is 5.37 Å². The Hall–Kier alpha value is -2.05. The number of carbonyl (C=O) groups excluding carboxylic acids is 1. The second-order valence-corrected chi connectivity index (χ2v) is 6.26. The number of nitro benzene ring substituents is 1. The Kier molecular flexibility index (Phi) is 4.04. The molecule has 0 radical (unpaired) electrons. The van der Waals surface area contributed by atoms with Crippen LogP contribution in [0.5, 0.6) is 0 Å². The lowest BCUT2D eigenvalue weighted by molar-refractivity contribution is -0.384. The zero-order valence-corrected chi connectivity index (χ0v) is 12.9. The number of amides is 1. The van der Waals surface area contributed by atoms with Gasteiger partial charge in [-0.05, 0) is 42.0 Å². The highest BCUT2D eigenvalue weighted by atomic mass is 35.5. The monoisotopic (exact) mass is 334 g/mol. The molecule has 2 aromatic carbocycles. The Bertz CT molecular complexity index is 719. The first-order valence-corrected chi connectivity index (χ1v) is 7.92. The van der Waals surface area contributed by atoms with E-state index in [2.05, 4.69) is 0 Å². The molecule has 0 N–H and O–H groups in total. The maximum Gasteiger partial charge on any atom is 0.269 e. The number of benzene rings is 2. The number of non-ortho nitro benzene ring substituents is 1. The molecule has 1 fully saturated rings. The van der Waals surface area contributed by atoms with Crippen LogP contribution in [0.15, 0.2) is 48.5 Å². The quantitative estimate of drug-likeness (QED) is 0.628. The van der Waals surface area contributed by atoms with Gasteiger partial charge in [0.25, 0.3) is 5.69 Å². The fourth-order valence-electron chi connectivity index (χ4n) is 2.31. The van der Waals surface area contributed by atoms with Crippen LogP contribution in [0.25, 0.3) is 0 Å². The number of carbonyl (C=O) groups is 1. The number of rotatable bonds is 3. The van der Waals surface area contributed by atoms with Crippen molar-refractivity contribution in [3.05, 3.63) is 69.2 Å². The SMILES string of the molecule is O=C1CS[C@@H](c2ccc([N+](=O)[O-])cc2)N1c1ccc(Cl)cc1. The summed E-state index contributed by atoms with van der Waals surface area (Å²) in [7, 11) is 0. The standard InChI is InChI=1S/C15H11ClN2O3S/c16-11-3-7-12(8-4-11)17-14(19)9-22-15(17)10-1-5-13(6-2-10)18(20)21/h1-8,15H,9H2/t15-/m0/s1. The van der Waals surface area contributed by atoms with Gasteiger partial charge >= 0.3 is 0 Å². The first-order chi connectivity index (χ1) is 10.6. The fraction of sp³-hybridized carbons (Fsp3) is 0.133. The molecule has 0 saturated carbocycles. The summed E-state index contributed by atoms with van der Waals surface area (Å²) < 4.78 is 0. The Balaban J connectivity index is 1.93. The van der Waals surface area contributed by atoms with Crippen molar-refractivity contribution in [3.8, 4) is 0 Å². The van der Waals surface area contributed by atoms with Crippen LogP contribution in [0.1, 0.15) is 10.9 Å². The fourth-order valence-corrected chi connectivity index (χ4v) is 3.62. The van der Waals surface area contributed by atoms with Crippen molar-refractivity contribution < 1.29 is 9.72 Å². The average molecular weight is 335 g/mol. The van der Waals surface area contributed by atoms with E-state index in [4.69, 9.17) is 11.6 Å². The summed E-state index contributed by atoms with van der Waals surface area (Å²) in [6.07, 6.45) is 0. The molecule has 1 atom stereocenters. The molecule has 0 spiro atoms. The van der Waals surface area contributed by atoms with E-state index in [9.17, 15) is 14.9 Å². The molecule has 7 heteroatoms. The van der Waals surface area contributed by atoms with Crippen LogP contribution >= 0.6 is 23.4 Å². The van der Waals surface area contributed by atoms with Crippen LogP contribution < -0.4 is 4.90 Å². The second kappa shape index (κ2) is 5.98. The summed E-state index contributed by atoms with van der Waals surface area (Å²) >= 11 is 7.38. The molecule has 22 heavy (non-hydrogen) atoms. The summed E-state index contributed by atoms with van der Waals surface area (Å²) in [5.41, 5.74) is 1.66. The van der Waals surface area contributed by atoms with Crippen molar-refractivity contribution in [2.24, 2.45) is 0 Å². The van der Waals surface area contributed by atoms with Crippen molar-refractivity contribution in [3.63, 3.8) is 0 Å². The zero-order chi connectivity index (χ0) is 15.7. The highest BCUT2D eigenvalue weighted by Crippen LogP contribution is 2.42. The highest BCUT2D eigenvalue weighted by molar-refractivity contribution is 8.00. The predicted octanol–water partition coefficient (Wildman–Crippen LogP) is 4.03. The molecular formula is C15H11ClN2O3S. The topological polar surface area (TPSA) is 63.4 Å². The van der Waals surface area contributed by atoms with Gasteiger partial charge in [-0.2, -0.15) is 0 Å². The Morgan fingerprint density at radius 1 is 1.14 bits per heavy atom. The minimum absolute atomic E-state index is 0.00988. The lowest BCUT2D eigenvalue weighted by Crippen LogP contribution is -2.27. The van der Waals surface area contributed by atoms with Crippen LogP contribution in [0.2, 0.25) is 5.02 Å². The predicted molar refractivity (Wildman–Crippen MR) is 87.2 cm³/mol. The van der Waals surface area contributed by atoms with E-state index in [0.717, 1.165) is 11.3 Å². The normalized spacial score (nSPS) is 17.8. The van der Waals surface area contributed by atoms with Gasteiger partial charge in [-0.15, -0.1) is 11.8 Å². The van der Waals surface area contributed by atoms with Gasteiger partial charge in [0.15, 0.2) is 0 Å². The largest absolute Gasteiger partial charge is 0.295 e. The number of anilines is 1. The molecule has 1 saturated heterocycles. The van der Waals surface area contributed by atoms with Crippen LogP contribution in [0, 0.1) is 10.1 Å². The molecule has 112 valence electrons. The van der Waals surface area contributed by atoms with Gasteiger partial charge in [0.2, 0.25) is 5.91 Å². The molecule has 3 rings (SSSR count). The lowest BCUT2D eigenvalue weighted by atomic mass is 10.1. The van der Waals surface area contributed by atoms with Gasteiger partial charge in [0.05, 0.1) is 10.7 Å². The third-order valence-electron chi connectivity index (χ3n) is 3.36. The first kappa shape index (κ1) is 14.9. The molecule has 0 aliphatic carbocycles. The molecular weight excluding hydrogens is 324 g/mol. The molecule has 2 aromatic rings. The highest BCUT2D eigenvalue weighted by Gasteiger charge is 2.34. The average Bonchev–Trinajstić information content (AvgIpc) is 2.90. The van der Waals surface area contributed by atoms with E-state index in [0.29, 0.717) is 10.8 Å². The third kappa shape index (κ3) is 2.80. The van der Waals surface area contributed by atoms with E-state index in [1.807, 2.05) is 0 Å². The molecule has 1 aliphatic heterocycles. The molecule has 0 bridgehead atoms. The maximum atomic E-state index is 12.2. The smallest absolute Gasteiger partial charge is 0.269 e. The van der Waals surface area contributed by atoms with E-state index < -0.39 is 4.92 Å². The summed E-state index contributed by atoms with van der Waals surface area (Å²) in [4.78, 5) is 24.2. The van der Waals surface area contributed by atoms with E-state index in [1.165, 1.54) is 23.9 Å². The van der Waals surface area contributed by atoms with Crippen LogP contribution in [0.3, 0.4) is 0 Å². The van der Waals surface area contributed by atoms with Gasteiger partial charge in [-0.1, -0.05) is 11.6 Å². The van der Waals surface area contributed by atoms with Crippen molar-refractivity contribution in [1.29, 1.82) is 0 Å². The number of halogens is 1. The summed E-state index contributed by atoms with van der Waals surface area (Å²) in [6.45, 7) is 0. The Morgan fingerprint density at radius 3 is 2.36 bits per heavy atom. The third-order valence-corrected chi connectivity index (χ3v) is 4.83. The van der Waals surface area contributed by atoms with Gasteiger partial charge in [-0.3, -0.25) is 19.8 Å². The number of nitro groups is 1. The summed E-state index contributed by atoms with van der Waals surface area (Å²) in [6, 6.07) is 13.4. The van der Waals surface area contributed by atoms with E-state index in [1.54, 1.807) is 41.3 Å². The Morgan fingerprint density at radius 2 is 1.77 bits per heavy atom. The second-order valence-electron chi connectivity index (χ2n) is 4.75. The minimum atomic E-state index is -0.437. The Labute approximate surface area is 136 Å². The number of hydrogen-bond donors (Lipinski definition) is 0. The summed E-state index contributed by atoms with van der Waals surface area (Å²) in [5, 5.41) is 11.1. The molecule has 1 heterocycles. The lowest BCUT2D eigenvalue weighted by Gasteiger charge is -2.24. The number of hydrogen-bond acceptors (Lipinski definition) is 4. The van der Waals surface area contributed by atoms with Gasteiger partial charge in [0, 0.05) is 22.8 Å². The van der Waals surface area contributed by atoms with E-state index in [-0.39, 0.29) is 17.0 Å². The van der Waals surface area contributed by atoms with Crippen LogP contribution in [-0.4, -0.2) is 16.6 Å². The number of nitrogens with zero attached hydrogens (tertiary/aromatic N) is 2. The van der Waals surface area contributed by atoms with Gasteiger partial charge in [0.1, 0.15) is 5.37 Å². The molecule has 1 aliphatic rings. The maximum absolute atomic E-state index is 12.2. The minimum Gasteiger partial charge on any atom is -0.295 e. The molecule has 1 amide bonds. The first-order valence-electron chi connectivity index (χ1n) is 6.50. The number of thioether (sulfide) groups is 1. The van der Waals surface area contributed by atoms with Gasteiger partial charge < -0.3 is 0 Å². The van der Waals surface area contributed by atoms with Gasteiger partial charge in [-0.25, -0.2) is 0 Å². The zero-order valence-electron chi connectivity index (χ0n) is 11.3. The van der Waals surface area contributed by atoms with Crippen molar-refractivity contribution in [1.82, 2.24) is 0 Å². The van der Waals surface area contributed by atoms with Crippen LogP contribution in [-0.2, 0) is 4.79 Å². The summed E-state index contributed by atoms with van der Waals surface area (Å²) in [5.74, 6) is 0.389. The molecule has 5 nitrogen and oxygen atoms in total. The van der Waals surface area contributed by atoms with E-state index >= 15 is 0 Å².